The molecule has 3 aromatic carbocycles. The van der Waals surface area contributed by atoms with Crippen molar-refractivity contribution in [2.75, 3.05) is 5.75 Å². The van der Waals surface area contributed by atoms with Crippen molar-refractivity contribution in [1.82, 2.24) is 15.5 Å². The molecule has 7 heteroatoms. The van der Waals surface area contributed by atoms with Gasteiger partial charge in [-0.3, -0.25) is 4.79 Å². The van der Waals surface area contributed by atoms with Crippen LogP contribution in [0.2, 0.25) is 0 Å². The second-order valence-corrected chi connectivity index (χ2v) is 8.28. The zero-order valence-electron chi connectivity index (χ0n) is 15.6. The summed E-state index contributed by atoms with van der Waals surface area (Å²) in [6.07, 6.45) is 0. The molecule has 0 saturated heterocycles. The SMILES string of the molecule is CC(NC(=O)CSc1nnc(-c2ccccc2Br)o1)c1cccc2ccccc12. The predicted molar refractivity (Wildman–Crippen MR) is 119 cm³/mol. The number of aromatic nitrogens is 2. The zero-order valence-corrected chi connectivity index (χ0v) is 18.0. The Morgan fingerprint density at radius 1 is 1.07 bits per heavy atom. The van der Waals surface area contributed by atoms with Crippen molar-refractivity contribution in [3.05, 3.63) is 76.8 Å². The van der Waals surface area contributed by atoms with Gasteiger partial charge in [0.15, 0.2) is 0 Å². The van der Waals surface area contributed by atoms with E-state index in [1.807, 2.05) is 55.5 Å². The van der Waals surface area contributed by atoms with Gasteiger partial charge in [-0.25, -0.2) is 0 Å². The first-order valence-electron chi connectivity index (χ1n) is 9.10. The van der Waals surface area contributed by atoms with E-state index in [9.17, 15) is 4.79 Å². The molecule has 0 aliphatic carbocycles. The molecule has 1 unspecified atom stereocenters. The quantitative estimate of drug-likeness (QED) is 0.372. The number of benzene rings is 3. The van der Waals surface area contributed by atoms with E-state index in [4.69, 9.17) is 4.42 Å². The van der Waals surface area contributed by atoms with Gasteiger partial charge in [0.2, 0.25) is 11.8 Å². The molecule has 1 N–H and O–H groups in total. The largest absolute Gasteiger partial charge is 0.411 e. The van der Waals surface area contributed by atoms with Crippen LogP contribution in [0.15, 0.2) is 80.8 Å². The number of carbonyl (C=O) groups excluding carboxylic acids is 1. The van der Waals surface area contributed by atoms with Crippen molar-refractivity contribution in [2.24, 2.45) is 0 Å². The van der Waals surface area contributed by atoms with Crippen molar-refractivity contribution in [3.8, 4) is 11.5 Å². The Kier molecular flexibility index (Phi) is 5.97. The number of carbonyl (C=O) groups is 1. The van der Waals surface area contributed by atoms with Gasteiger partial charge < -0.3 is 9.73 Å². The summed E-state index contributed by atoms with van der Waals surface area (Å²) < 4.78 is 6.56. The highest BCUT2D eigenvalue weighted by Gasteiger charge is 2.15. The first-order chi connectivity index (χ1) is 14.1. The summed E-state index contributed by atoms with van der Waals surface area (Å²) in [5.74, 6) is 0.535. The van der Waals surface area contributed by atoms with E-state index in [-0.39, 0.29) is 17.7 Å². The smallest absolute Gasteiger partial charge is 0.277 e. The van der Waals surface area contributed by atoms with Gasteiger partial charge in [0, 0.05) is 4.47 Å². The number of hydrogen-bond acceptors (Lipinski definition) is 5. The molecule has 0 saturated carbocycles. The van der Waals surface area contributed by atoms with Crippen molar-refractivity contribution in [1.29, 1.82) is 0 Å². The lowest BCUT2D eigenvalue weighted by molar-refractivity contribution is -0.119. The average Bonchev–Trinajstić information content (AvgIpc) is 3.21. The molecule has 4 rings (SSSR count). The molecule has 1 amide bonds. The van der Waals surface area contributed by atoms with E-state index < -0.39 is 0 Å². The normalized spacial score (nSPS) is 12.1. The highest BCUT2D eigenvalue weighted by Crippen LogP contribution is 2.29. The average molecular weight is 468 g/mol. The summed E-state index contributed by atoms with van der Waals surface area (Å²) >= 11 is 4.70. The van der Waals surface area contributed by atoms with Crippen molar-refractivity contribution >= 4 is 44.4 Å². The monoisotopic (exact) mass is 467 g/mol. The van der Waals surface area contributed by atoms with E-state index in [1.54, 1.807) is 0 Å². The highest BCUT2D eigenvalue weighted by atomic mass is 79.9. The lowest BCUT2D eigenvalue weighted by atomic mass is 10.00. The van der Waals surface area contributed by atoms with Crippen LogP contribution in [0.5, 0.6) is 0 Å². The summed E-state index contributed by atoms with van der Waals surface area (Å²) in [6, 6.07) is 21.8. The summed E-state index contributed by atoms with van der Waals surface area (Å²) in [5.41, 5.74) is 1.91. The number of thioether (sulfide) groups is 1. The number of nitrogens with one attached hydrogen (secondary N) is 1. The van der Waals surface area contributed by atoms with E-state index in [0.29, 0.717) is 11.1 Å². The fourth-order valence-corrected chi connectivity index (χ4v) is 4.16. The lowest BCUT2D eigenvalue weighted by Gasteiger charge is -2.16. The predicted octanol–water partition coefficient (Wildman–Crippen LogP) is 5.62. The summed E-state index contributed by atoms with van der Waals surface area (Å²) in [5, 5.41) is 13.8. The minimum atomic E-state index is -0.104. The number of rotatable bonds is 6. The Balaban J connectivity index is 1.39. The van der Waals surface area contributed by atoms with Gasteiger partial charge >= 0.3 is 0 Å². The van der Waals surface area contributed by atoms with Crippen LogP contribution >= 0.6 is 27.7 Å². The summed E-state index contributed by atoms with van der Waals surface area (Å²) in [7, 11) is 0. The van der Waals surface area contributed by atoms with E-state index in [0.717, 1.165) is 26.4 Å². The van der Waals surface area contributed by atoms with Crippen molar-refractivity contribution < 1.29 is 9.21 Å². The molecule has 0 bridgehead atoms. The van der Waals surface area contributed by atoms with Crippen molar-refractivity contribution in [3.63, 3.8) is 0 Å². The van der Waals surface area contributed by atoms with Gasteiger partial charge in [-0.1, -0.05) is 66.4 Å². The molecule has 5 nitrogen and oxygen atoms in total. The molecule has 0 aliphatic heterocycles. The van der Waals surface area contributed by atoms with Gasteiger partial charge in [0.1, 0.15) is 0 Å². The molecule has 1 heterocycles. The van der Waals surface area contributed by atoms with Crippen LogP contribution in [-0.4, -0.2) is 21.9 Å². The van der Waals surface area contributed by atoms with Crippen molar-refractivity contribution in [2.45, 2.75) is 18.2 Å². The standard InChI is InChI=1S/C22H18BrN3O2S/c1-14(16-11-6-8-15-7-2-3-9-17(15)16)24-20(27)13-29-22-26-25-21(28-22)18-10-4-5-12-19(18)23/h2-12,14H,13H2,1H3,(H,24,27). The molecule has 146 valence electrons. The van der Waals surface area contributed by atoms with Crippen LogP contribution in [0.25, 0.3) is 22.2 Å². The second-order valence-electron chi connectivity index (χ2n) is 6.50. The fraction of sp³-hybridized carbons (Fsp3) is 0.136. The van der Waals surface area contributed by atoms with Gasteiger partial charge in [-0.15, -0.1) is 10.2 Å². The zero-order chi connectivity index (χ0) is 20.2. The third kappa shape index (κ3) is 4.52. The first-order valence-corrected chi connectivity index (χ1v) is 10.9. The number of halogens is 1. The maximum Gasteiger partial charge on any atom is 0.277 e. The third-order valence-electron chi connectivity index (χ3n) is 4.50. The molecule has 0 fully saturated rings. The molecule has 4 aromatic rings. The second kappa shape index (κ2) is 8.80. The van der Waals surface area contributed by atoms with Crippen LogP contribution in [-0.2, 0) is 4.79 Å². The van der Waals surface area contributed by atoms with Crippen LogP contribution < -0.4 is 5.32 Å². The van der Waals surface area contributed by atoms with Gasteiger partial charge in [-0.05, 0) is 51.3 Å². The molecular formula is C22H18BrN3O2S. The Morgan fingerprint density at radius 2 is 1.83 bits per heavy atom. The Hall–Kier alpha value is -2.64. The summed E-state index contributed by atoms with van der Waals surface area (Å²) in [6.45, 7) is 1.99. The molecule has 29 heavy (non-hydrogen) atoms. The van der Waals surface area contributed by atoms with Gasteiger partial charge in [0.05, 0.1) is 17.4 Å². The Bertz CT molecular complexity index is 1160. The molecule has 0 aliphatic rings. The van der Waals surface area contributed by atoms with Crippen LogP contribution in [0.4, 0.5) is 0 Å². The summed E-state index contributed by atoms with van der Waals surface area (Å²) in [4.78, 5) is 12.4. The lowest BCUT2D eigenvalue weighted by Crippen LogP contribution is -2.28. The highest BCUT2D eigenvalue weighted by molar-refractivity contribution is 9.10. The maximum atomic E-state index is 12.4. The topological polar surface area (TPSA) is 68.0 Å². The van der Waals surface area contributed by atoms with Crippen LogP contribution in [0.1, 0.15) is 18.5 Å². The van der Waals surface area contributed by atoms with E-state index in [1.165, 1.54) is 11.8 Å². The number of amides is 1. The van der Waals surface area contributed by atoms with Gasteiger partial charge in [-0.2, -0.15) is 0 Å². The first kappa shape index (κ1) is 19.7. The third-order valence-corrected chi connectivity index (χ3v) is 6.01. The fourth-order valence-electron chi connectivity index (χ4n) is 3.13. The van der Waals surface area contributed by atoms with E-state index >= 15 is 0 Å². The number of fused-ring (bicyclic) bond motifs is 1. The molecule has 0 radical (unpaired) electrons. The minimum absolute atomic E-state index is 0.0870. The maximum absolute atomic E-state index is 12.4. The molecule has 1 aromatic heterocycles. The van der Waals surface area contributed by atoms with Gasteiger partial charge in [0.25, 0.3) is 5.22 Å². The number of nitrogens with zero attached hydrogens (tertiary/aromatic N) is 2. The van der Waals surface area contributed by atoms with Crippen LogP contribution in [0, 0.1) is 0 Å². The minimum Gasteiger partial charge on any atom is -0.411 e. The molecular weight excluding hydrogens is 450 g/mol. The molecule has 1 atom stereocenters. The van der Waals surface area contributed by atoms with Crippen LogP contribution in [0.3, 0.4) is 0 Å². The van der Waals surface area contributed by atoms with E-state index in [2.05, 4.69) is 49.6 Å². The molecule has 0 spiro atoms. The Morgan fingerprint density at radius 3 is 2.69 bits per heavy atom. The Labute approximate surface area is 181 Å². The number of hydrogen-bond donors (Lipinski definition) is 1.